The van der Waals surface area contributed by atoms with E-state index in [9.17, 15) is 9.90 Å². The van der Waals surface area contributed by atoms with Gasteiger partial charge in [0.15, 0.2) is 11.5 Å². The minimum atomic E-state index is -1.92. The van der Waals surface area contributed by atoms with Crippen LogP contribution in [-0.4, -0.2) is 103 Å². The first kappa shape index (κ1) is 51.5. The molecule has 370 valence electrons. The zero-order chi connectivity index (χ0) is 49.7. The SMILES string of the molecule is CCC[C@H](CCOCc1ccccc1)Oc1nc(N(Cc2ccc(OC)cc2OC)Cc2ccc(OC)cc2OC)c2ncc(C(O)c3c(F)cc(OCCN(C)C(=O)OC(C)(C)C)cc3F)n2n1. The second kappa shape index (κ2) is 23.9. The maximum atomic E-state index is 16.1. The van der Waals surface area contributed by atoms with Crippen LogP contribution in [0.2, 0.25) is 0 Å². The van der Waals surface area contributed by atoms with E-state index in [0.29, 0.717) is 49.1 Å². The molecule has 1 N–H and O–H groups in total. The fourth-order valence-corrected chi connectivity index (χ4v) is 7.39. The van der Waals surface area contributed by atoms with Crippen molar-refractivity contribution in [1.82, 2.24) is 24.5 Å². The first-order valence-electron chi connectivity index (χ1n) is 22.6. The van der Waals surface area contributed by atoms with E-state index in [1.54, 1.807) is 61.3 Å². The zero-order valence-electron chi connectivity index (χ0n) is 40.7. The summed E-state index contributed by atoms with van der Waals surface area (Å²) in [4.78, 5) is 25.3. The van der Waals surface area contributed by atoms with E-state index >= 15 is 8.78 Å². The van der Waals surface area contributed by atoms with E-state index in [2.05, 4.69) is 4.98 Å². The number of carbonyl (C=O) groups is 1. The smallest absolute Gasteiger partial charge is 0.410 e. The Morgan fingerprint density at radius 2 is 1.43 bits per heavy atom. The van der Waals surface area contributed by atoms with E-state index in [4.69, 9.17) is 48.0 Å². The van der Waals surface area contributed by atoms with Gasteiger partial charge in [-0.3, -0.25) is 0 Å². The lowest BCUT2D eigenvalue weighted by atomic mass is 10.1. The summed E-state index contributed by atoms with van der Waals surface area (Å²) in [7, 11) is 7.78. The summed E-state index contributed by atoms with van der Waals surface area (Å²) >= 11 is 0. The zero-order valence-corrected chi connectivity index (χ0v) is 40.7. The summed E-state index contributed by atoms with van der Waals surface area (Å²) < 4.78 is 79.6. The van der Waals surface area contributed by atoms with Crippen molar-refractivity contribution in [2.24, 2.45) is 0 Å². The standard InChI is InChI=1S/C51H62F2N6O10/c1-10-14-36(21-23-66-32-33-15-12-11-13-16-33)68-49-55-48(58(30-34-17-19-37(62-6)27-43(34)64-8)31-35-18-20-38(63-7)28-44(35)65-9)47-54-29-42(59(47)56-49)46(60)45-40(52)25-39(26-41(45)53)67-24-22-57(5)50(61)69-51(2,3)4/h11-13,15-20,25-29,36,46,60H,10,14,21-24,30-32H2,1-9H3/t36-,46?/m1/s1. The van der Waals surface area contributed by atoms with Crippen molar-refractivity contribution in [3.8, 4) is 34.8 Å². The van der Waals surface area contributed by atoms with Crippen LogP contribution in [0.25, 0.3) is 5.65 Å². The first-order chi connectivity index (χ1) is 33.1. The van der Waals surface area contributed by atoms with Crippen LogP contribution >= 0.6 is 0 Å². The van der Waals surface area contributed by atoms with Crippen LogP contribution in [-0.2, 0) is 29.2 Å². The Balaban J connectivity index is 1.40. The van der Waals surface area contributed by atoms with E-state index in [1.807, 2.05) is 66.4 Å². The Labute approximate surface area is 401 Å². The maximum absolute atomic E-state index is 16.1. The summed E-state index contributed by atoms with van der Waals surface area (Å²) in [6.45, 7) is 8.42. The molecule has 0 spiro atoms. The number of fused-ring (bicyclic) bond motifs is 1. The summed E-state index contributed by atoms with van der Waals surface area (Å²) in [6, 6.07) is 22.6. The number of nitrogens with zero attached hydrogens (tertiary/aromatic N) is 6. The highest BCUT2D eigenvalue weighted by atomic mass is 19.1. The molecule has 0 aliphatic carbocycles. The van der Waals surface area contributed by atoms with Gasteiger partial charge in [-0.05, 0) is 57.0 Å². The number of hydrogen-bond donors (Lipinski definition) is 1. The normalized spacial score (nSPS) is 12.3. The molecule has 0 fully saturated rings. The number of halogens is 2. The fraction of sp³-hybridized carbons (Fsp3) is 0.412. The highest BCUT2D eigenvalue weighted by Crippen LogP contribution is 2.36. The molecule has 18 heteroatoms. The minimum Gasteiger partial charge on any atom is -0.497 e. The monoisotopic (exact) mass is 956 g/mol. The van der Waals surface area contributed by atoms with Crippen molar-refractivity contribution >= 4 is 17.6 Å². The van der Waals surface area contributed by atoms with Gasteiger partial charge in [0.25, 0.3) is 0 Å². The van der Waals surface area contributed by atoms with Gasteiger partial charge < -0.3 is 52.8 Å². The summed E-state index contributed by atoms with van der Waals surface area (Å²) in [6.07, 6.45) is 0.283. The number of likely N-dealkylation sites (N-methyl/N-ethyl adjacent to an activating group) is 1. The molecule has 2 heterocycles. The van der Waals surface area contributed by atoms with Crippen molar-refractivity contribution < 1.29 is 56.6 Å². The molecule has 1 unspecified atom stereocenters. The second-order valence-electron chi connectivity index (χ2n) is 17.2. The number of methoxy groups -OCH3 is 4. The van der Waals surface area contributed by atoms with Gasteiger partial charge in [0.05, 0.1) is 65.7 Å². The number of aliphatic hydroxyl groups excluding tert-OH is 1. The van der Waals surface area contributed by atoms with Crippen LogP contribution in [0.4, 0.5) is 19.4 Å². The largest absolute Gasteiger partial charge is 0.497 e. The number of anilines is 1. The third-order valence-electron chi connectivity index (χ3n) is 10.9. The number of ether oxygens (including phenoxy) is 8. The van der Waals surface area contributed by atoms with E-state index in [1.165, 1.54) is 22.7 Å². The van der Waals surface area contributed by atoms with Gasteiger partial charge in [0.1, 0.15) is 64.8 Å². The van der Waals surface area contributed by atoms with Crippen molar-refractivity contribution in [1.29, 1.82) is 0 Å². The number of hydrogen-bond acceptors (Lipinski definition) is 14. The lowest BCUT2D eigenvalue weighted by Crippen LogP contribution is -2.36. The highest BCUT2D eigenvalue weighted by Gasteiger charge is 2.29. The van der Waals surface area contributed by atoms with Crippen molar-refractivity contribution in [3.05, 3.63) is 125 Å². The van der Waals surface area contributed by atoms with Gasteiger partial charge in [-0.2, -0.15) is 4.98 Å². The molecule has 4 aromatic carbocycles. The average molecular weight is 957 g/mol. The Morgan fingerprint density at radius 1 is 0.812 bits per heavy atom. The molecule has 69 heavy (non-hydrogen) atoms. The van der Waals surface area contributed by atoms with Crippen molar-refractivity contribution in [3.63, 3.8) is 0 Å². The van der Waals surface area contributed by atoms with Crippen molar-refractivity contribution in [2.75, 3.05) is 60.1 Å². The first-order valence-corrected chi connectivity index (χ1v) is 22.6. The maximum Gasteiger partial charge on any atom is 0.410 e. The number of aliphatic hydroxyl groups is 1. The van der Waals surface area contributed by atoms with Crippen LogP contribution in [0.1, 0.15) is 81.0 Å². The molecule has 0 saturated heterocycles. The number of aromatic nitrogens is 4. The molecule has 0 saturated carbocycles. The Bertz CT molecular complexity index is 2550. The Morgan fingerprint density at radius 3 is 2.00 bits per heavy atom. The predicted molar refractivity (Wildman–Crippen MR) is 255 cm³/mol. The van der Waals surface area contributed by atoms with Gasteiger partial charge in [-0.25, -0.2) is 23.1 Å². The second-order valence-corrected chi connectivity index (χ2v) is 17.2. The summed E-state index contributed by atoms with van der Waals surface area (Å²) in [5, 5.41) is 16.7. The number of amides is 1. The number of carbonyl (C=O) groups excluding carboxylic acids is 1. The topological polar surface area (TPSA) is 161 Å². The Kier molecular flexibility index (Phi) is 17.8. The van der Waals surface area contributed by atoms with Crippen LogP contribution in [0.5, 0.6) is 34.8 Å². The minimum absolute atomic E-state index is 0.0735. The third-order valence-corrected chi connectivity index (χ3v) is 10.9. The molecule has 2 atom stereocenters. The van der Waals surface area contributed by atoms with Crippen LogP contribution < -0.4 is 33.3 Å². The average Bonchev–Trinajstić information content (AvgIpc) is 3.76. The molecule has 16 nitrogen and oxygen atoms in total. The predicted octanol–water partition coefficient (Wildman–Crippen LogP) is 9.13. The number of rotatable bonds is 24. The van der Waals surface area contributed by atoms with Crippen LogP contribution in [0, 0.1) is 11.6 Å². The highest BCUT2D eigenvalue weighted by molar-refractivity contribution is 5.68. The van der Waals surface area contributed by atoms with E-state index < -0.39 is 41.1 Å². The molecular formula is C51H62F2N6O10. The molecule has 0 aliphatic heterocycles. The molecule has 0 aliphatic rings. The van der Waals surface area contributed by atoms with Gasteiger partial charge in [0.2, 0.25) is 0 Å². The third kappa shape index (κ3) is 13.6. The molecule has 0 bridgehead atoms. The molecule has 1 amide bonds. The molecule has 2 aromatic heterocycles. The lowest BCUT2D eigenvalue weighted by Gasteiger charge is -2.27. The van der Waals surface area contributed by atoms with Gasteiger partial charge in [-0.15, -0.1) is 5.10 Å². The molecule has 6 rings (SSSR count). The molecule has 0 radical (unpaired) electrons. The summed E-state index contributed by atoms with van der Waals surface area (Å²) in [5.74, 6) is 0.184. The van der Waals surface area contributed by atoms with Crippen LogP contribution in [0.15, 0.2) is 85.1 Å². The van der Waals surface area contributed by atoms with Gasteiger partial charge in [-0.1, -0.05) is 43.7 Å². The number of benzene rings is 4. The van der Waals surface area contributed by atoms with Crippen LogP contribution in [0.3, 0.4) is 0 Å². The van der Waals surface area contributed by atoms with Gasteiger partial charge >= 0.3 is 12.1 Å². The van der Waals surface area contributed by atoms with E-state index in [-0.39, 0.29) is 55.2 Å². The molecule has 6 aromatic rings. The van der Waals surface area contributed by atoms with E-state index in [0.717, 1.165) is 35.2 Å². The van der Waals surface area contributed by atoms with Gasteiger partial charge in [0, 0.05) is 62.0 Å². The number of imidazole rings is 1. The quantitative estimate of drug-likeness (QED) is 0.0572. The Hall–Kier alpha value is -6.92. The lowest BCUT2D eigenvalue weighted by molar-refractivity contribution is 0.0278. The van der Waals surface area contributed by atoms with Crippen molar-refractivity contribution in [2.45, 2.75) is 84.5 Å². The fourth-order valence-electron chi connectivity index (χ4n) is 7.39. The summed E-state index contributed by atoms with van der Waals surface area (Å²) in [5.41, 5.74) is 1.23. The molecular weight excluding hydrogens is 895 g/mol.